The second kappa shape index (κ2) is 9.85. The highest BCUT2D eigenvalue weighted by Gasteiger charge is 2.27. The van der Waals surface area contributed by atoms with Crippen molar-refractivity contribution in [2.75, 3.05) is 51.8 Å². The van der Waals surface area contributed by atoms with Crippen LogP contribution < -0.4 is 14.4 Å². The standard InChI is InChI=1S/C22H27N3O3.ClH/c1-26-18-9-7-17(8-10-18)20-15-19(28-23-20)16-24-11-13-25(14-12-24)21-5-3-4-6-22(21)27-2;/h3-10,19H,11-16H2,1-2H3;1H. The van der Waals surface area contributed by atoms with Crippen LogP contribution in [-0.2, 0) is 4.84 Å². The first kappa shape index (κ1) is 21.3. The number of oxime groups is 1. The number of piperazine rings is 1. The van der Waals surface area contributed by atoms with Crippen molar-refractivity contribution in [3.05, 3.63) is 54.1 Å². The fourth-order valence-electron chi connectivity index (χ4n) is 3.83. The van der Waals surface area contributed by atoms with Crippen LogP contribution in [0.2, 0.25) is 0 Å². The summed E-state index contributed by atoms with van der Waals surface area (Å²) in [5.74, 6) is 1.79. The summed E-state index contributed by atoms with van der Waals surface area (Å²) in [5.41, 5.74) is 3.29. The number of ether oxygens (including phenoxy) is 2. The Morgan fingerprint density at radius 3 is 2.38 bits per heavy atom. The lowest BCUT2D eigenvalue weighted by Crippen LogP contribution is -2.48. The monoisotopic (exact) mass is 417 g/mol. The molecule has 156 valence electrons. The summed E-state index contributed by atoms with van der Waals surface area (Å²) >= 11 is 0. The van der Waals surface area contributed by atoms with Gasteiger partial charge in [0, 0.05) is 39.1 Å². The van der Waals surface area contributed by atoms with Gasteiger partial charge in [-0.25, -0.2) is 0 Å². The Hall–Kier alpha value is -2.44. The molecule has 6 nitrogen and oxygen atoms in total. The van der Waals surface area contributed by atoms with E-state index < -0.39 is 0 Å². The first-order valence-electron chi connectivity index (χ1n) is 9.74. The molecule has 0 N–H and O–H groups in total. The first-order valence-corrected chi connectivity index (χ1v) is 9.74. The van der Waals surface area contributed by atoms with Gasteiger partial charge in [-0.1, -0.05) is 17.3 Å². The molecule has 0 saturated carbocycles. The second-order valence-corrected chi connectivity index (χ2v) is 7.16. The Labute approximate surface area is 178 Å². The van der Waals surface area contributed by atoms with Gasteiger partial charge in [0.25, 0.3) is 0 Å². The van der Waals surface area contributed by atoms with Crippen molar-refractivity contribution in [3.63, 3.8) is 0 Å². The largest absolute Gasteiger partial charge is 0.497 e. The molecule has 0 aliphatic carbocycles. The van der Waals surface area contributed by atoms with Crippen molar-refractivity contribution in [1.29, 1.82) is 0 Å². The summed E-state index contributed by atoms with van der Waals surface area (Å²) in [6, 6.07) is 16.2. The summed E-state index contributed by atoms with van der Waals surface area (Å²) in [5, 5.41) is 4.32. The quantitative estimate of drug-likeness (QED) is 0.720. The molecule has 1 saturated heterocycles. The summed E-state index contributed by atoms with van der Waals surface area (Å²) in [6.45, 7) is 4.90. The normalized spacial score (nSPS) is 19.2. The van der Waals surface area contributed by atoms with Gasteiger partial charge < -0.3 is 19.2 Å². The van der Waals surface area contributed by atoms with E-state index in [0.29, 0.717) is 0 Å². The van der Waals surface area contributed by atoms with Gasteiger partial charge in [-0.2, -0.15) is 0 Å². The number of halogens is 1. The molecule has 0 aromatic heterocycles. The van der Waals surface area contributed by atoms with Crippen LogP contribution >= 0.6 is 12.4 Å². The highest BCUT2D eigenvalue weighted by molar-refractivity contribution is 6.01. The van der Waals surface area contributed by atoms with E-state index in [2.05, 4.69) is 27.1 Å². The summed E-state index contributed by atoms with van der Waals surface area (Å²) in [7, 11) is 3.40. The fraction of sp³-hybridized carbons (Fsp3) is 0.409. The topological polar surface area (TPSA) is 46.5 Å². The predicted molar refractivity (Wildman–Crippen MR) is 118 cm³/mol. The fourth-order valence-corrected chi connectivity index (χ4v) is 3.83. The molecule has 29 heavy (non-hydrogen) atoms. The third kappa shape index (κ3) is 4.95. The molecule has 2 aromatic rings. The van der Waals surface area contributed by atoms with Crippen molar-refractivity contribution in [3.8, 4) is 11.5 Å². The molecule has 2 heterocycles. The third-order valence-electron chi connectivity index (χ3n) is 5.42. The lowest BCUT2D eigenvalue weighted by Gasteiger charge is -2.37. The Bertz CT molecular complexity index is 820. The van der Waals surface area contributed by atoms with Gasteiger partial charge in [-0.3, -0.25) is 4.90 Å². The average molecular weight is 418 g/mol. The van der Waals surface area contributed by atoms with Gasteiger partial charge in [0.15, 0.2) is 0 Å². The van der Waals surface area contributed by atoms with Crippen LogP contribution in [0, 0.1) is 0 Å². The molecule has 1 fully saturated rings. The van der Waals surface area contributed by atoms with Crippen molar-refractivity contribution in [1.82, 2.24) is 4.90 Å². The second-order valence-electron chi connectivity index (χ2n) is 7.16. The molecule has 0 bridgehead atoms. The molecule has 0 amide bonds. The van der Waals surface area contributed by atoms with E-state index >= 15 is 0 Å². The molecule has 2 aliphatic heterocycles. The van der Waals surface area contributed by atoms with Gasteiger partial charge in [0.05, 0.1) is 25.6 Å². The molecule has 1 atom stereocenters. The molecule has 2 aliphatic rings. The predicted octanol–water partition coefficient (Wildman–Crippen LogP) is 3.44. The van der Waals surface area contributed by atoms with E-state index in [1.165, 1.54) is 5.69 Å². The van der Waals surface area contributed by atoms with Gasteiger partial charge >= 0.3 is 0 Å². The minimum Gasteiger partial charge on any atom is -0.497 e. The van der Waals surface area contributed by atoms with Crippen LogP contribution in [0.15, 0.2) is 53.7 Å². The van der Waals surface area contributed by atoms with Crippen molar-refractivity contribution in [2.24, 2.45) is 5.16 Å². The lowest BCUT2D eigenvalue weighted by molar-refractivity contribution is 0.0510. The highest BCUT2D eigenvalue weighted by Crippen LogP contribution is 2.28. The Morgan fingerprint density at radius 2 is 1.69 bits per heavy atom. The summed E-state index contributed by atoms with van der Waals surface area (Å²) < 4.78 is 10.7. The maximum absolute atomic E-state index is 5.71. The van der Waals surface area contributed by atoms with E-state index in [1.54, 1.807) is 14.2 Å². The van der Waals surface area contributed by atoms with E-state index in [1.807, 2.05) is 36.4 Å². The zero-order valence-corrected chi connectivity index (χ0v) is 17.7. The van der Waals surface area contributed by atoms with Crippen LogP contribution in [0.5, 0.6) is 11.5 Å². The number of para-hydroxylation sites is 2. The maximum atomic E-state index is 5.71. The van der Waals surface area contributed by atoms with Gasteiger partial charge in [-0.05, 0) is 42.0 Å². The van der Waals surface area contributed by atoms with E-state index in [0.717, 1.165) is 61.9 Å². The summed E-state index contributed by atoms with van der Waals surface area (Å²) in [4.78, 5) is 10.6. The number of rotatable bonds is 6. The molecule has 7 heteroatoms. The van der Waals surface area contributed by atoms with Crippen molar-refractivity contribution in [2.45, 2.75) is 12.5 Å². The summed E-state index contributed by atoms with van der Waals surface area (Å²) in [6.07, 6.45) is 0.967. The highest BCUT2D eigenvalue weighted by atomic mass is 35.5. The maximum Gasteiger partial charge on any atom is 0.145 e. The van der Waals surface area contributed by atoms with Crippen LogP contribution in [0.3, 0.4) is 0 Å². The van der Waals surface area contributed by atoms with E-state index in [9.17, 15) is 0 Å². The van der Waals surface area contributed by atoms with Crippen LogP contribution in [0.1, 0.15) is 12.0 Å². The number of methoxy groups -OCH3 is 2. The van der Waals surface area contributed by atoms with Gasteiger partial charge in [0.1, 0.15) is 17.6 Å². The number of hydrogen-bond donors (Lipinski definition) is 0. The SMILES string of the molecule is COc1ccc(C2=NOC(CN3CCN(c4ccccc4OC)CC3)C2)cc1.Cl. The molecule has 0 spiro atoms. The molecular formula is C22H28ClN3O3. The smallest absolute Gasteiger partial charge is 0.145 e. The van der Waals surface area contributed by atoms with E-state index in [4.69, 9.17) is 14.3 Å². The minimum atomic E-state index is 0. The Balaban J connectivity index is 0.00000240. The average Bonchev–Trinajstić information content (AvgIpc) is 3.23. The van der Waals surface area contributed by atoms with E-state index in [-0.39, 0.29) is 18.5 Å². The number of nitrogens with zero attached hydrogens (tertiary/aromatic N) is 3. The molecule has 4 rings (SSSR count). The molecule has 2 aromatic carbocycles. The first-order chi connectivity index (χ1) is 13.8. The number of benzene rings is 2. The van der Waals surface area contributed by atoms with Crippen LogP contribution in [0.25, 0.3) is 0 Å². The van der Waals surface area contributed by atoms with Gasteiger partial charge in [-0.15, -0.1) is 12.4 Å². The lowest BCUT2D eigenvalue weighted by atomic mass is 10.0. The third-order valence-corrected chi connectivity index (χ3v) is 5.42. The number of hydrogen-bond acceptors (Lipinski definition) is 6. The van der Waals surface area contributed by atoms with Crippen molar-refractivity contribution >= 4 is 23.8 Å². The molecule has 1 unspecified atom stereocenters. The minimum absolute atomic E-state index is 0. The van der Waals surface area contributed by atoms with Crippen LogP contribution in [-0.4, -0.2) is 63.7 Å². The zero-order valence-electron chi connectivity index (χ0n) is 16.9. The molecule has 0 radical (unpaired) electrons. The Kier molecular flexibility index (Phi) is 7.23. The van der Waals surface area contributed by atoms with Crippen molar-refractivity contribution < 1.29 is 14.3 Å². The molecular weight excluding hydrogens is 390 g/mol. The Morgan fingerprint density at radius 1 is 0.966 bits per heavy atom. The van der Waals surface area contributed by atoms with Gasteiger partial charge in [0.2, 0.25) is 0 Å². The zero-order chi connectivity index (χ0) is 19.3. The number of anilines is 1. The van der Waals surface area contributed by atoms with Crippen LogP contribution in [0.4, 0.5) is 5.69 Å².